The fourth-order valence-electron chi connectivity index (χ4n) is 3.51. The second-order valence-corrected chi connectivity index (χ2v) is 5.51. The fraction of sp³-hybridized carbons (Fsp3) is 0.467. The summed E-state index contributed by atoms with van der Waals surface area (Å²) >= 11 is 0. The van der Waals surface area contributed by atoms with Gasteiger partial charge in [0.1, 0.15) is 11.4 Å². The van der Waals surface area contributed by atoms with Crippen LogP contribution < -0.4 is 5.32 Å². The molecule has 0 radical (unpaired) electrons. The van der Waals surface area contributed by atoms with Crippen LogP contribution in [0.15, 0.2) is 18.2 Å². The molecule has 1 aromatic carbocycles. The predicted octanol–water partition coefficient (Wildman–Crippen LogP) is 2.46. The zero-order chi connectivity index (χ0) is 12.9. The maximum absolute atomic E-state index is 13.5. The van der Waals surface area contributed by atoms with Gasteiger partial charge in [0.15, 0.2) is 0 Å². The van der Waals surface area contributed by atoms with Crippen LogP contribution in [0.4, 0.5) is 4.39 Å². The molecule has 0 unspecified atom stereocenters. The van der Waals surface area contributed by atoms with Gasteiger partial charge >= 0.3 is 0 Å². The fourth-order valence-corrected chi connectivity index (χ4v) is 3.51. The van der Waals surface area contributed by atoms with E-state index in [1.165, 1.54) is 17.3 Å². The van der Waals surface area contributed by atoms with Crippen LogP contribution in [-0.2, 0) is 16.8 Å². The highest BCUT2D eigenvalue weighted by Crippen LogP contribution is 2.42. The van der Waals surface area contributed by atoms with Crippen molar-refractivity contribution in [1.82, 2.24) is 10.3 Å². The van der Waals surface area contributed by atoms with E-state index in [4.69, 9.17) is 4.74 Å². The summed E-state index contributed by atoms with van der Waals surface area (Å²) in [5, 5.41) is 4.40. The smallest absolute Gasteiger partial charge is 0.123 e. The van der Waals surface area contributed by atoms with Crippen LogP contribution in [0.2, 0.25) is 0 Å². The number of aromatic amines is 1. The van der Waals surface area contributed by atoms with Crippen LogP contribution in [0.1, 0.15) is 24.1 Å². The third-order valence-electron chi connectivity index (χ3n) is 4.47. The SMILES string of the molecule is Fc1ccc2[nH]c3c(c2c1)CCOC31CCNCC1. The van der Waals surface area contributed by atoms with E-state index < -0.39 is 0 Å². The second-order valence-electron chi connectivity index (χ2n) is 5.51. The lowest BCUT2D eigenvalue weighted by atomic mass is 9.84. The largest absolute Gasteiger partial charge is 0.368 e. The number of fused-ring (bicyclic) bond motifs is 4. The summed E-state index contributed by atoms with van der Waals surface area (Å²) in [7, 11) is 0. The maximum Gasteiger partial charge on any atom is 0.123 e. The highest BCUT2D eigenvalue weighted by atomic mass is 19.1. The molecule has 3 nitrogen and oxygen atoms in total. The summed E-state index contributed by atoms with van der Waals surface area (Å²) in [6.45, 7) is 2.68. The van der Waals surface area contributed by atoms with Crippen molar-refractivity contribution < 1.29 is 9.13 Å². The molecule has 0 atom stereocenters. The van der Waals surface area contributed by atoms with E-state index in [2.05, 4.69) is 10.3 Å². The zero-order valence-electron chi connectivity index (χ0n) is 10.8. The van der Waals surface area contributed by atoms with Crippen molar-refractivity contribution in [2.75, 3.05) is 19.7 Å². The Morgan fingerprint density at radius 1 is 1.21 bits per heavy atom. The first-order valence-corrected chi connectivity index (χ1v) is 6.94. The van der Waals surface area contributed by atoms with Crippen LogP contribution in [-0.4, -0.2) is 24.7 Å². The number of aromatic nitrogens is 1. The lowest BCUT2D eigenvalue weighted by molar-refractivity contribution is -0.0826. The van der Waals surface area contributed by atoms with Gasteiger partial charge in [0.05, 0.1) is 12.3 Å². The standard InChI is InChI=1S/C15H17FN2O/c16-10-1-2-13-12(9-10)11-3-8-19-15(14(11)18-13)4-6-17-7-5-15/h1-2,9,17-18H,3-8H2. The van der Waals surface area contributed by atoms with E-state index in [1.54, 1.807) is 6.07 Å². The number of rotatable bonds is 0. The molecule has 1 fully saturated rings. The van der Waals surface area contributed by atoms with Crippen molar-refractivity contribution in [3.8, 4) is 0 Å². The molecule has 0 amide bonds. The van der Waals surface area contributed by atoms with Gasteiger partial charge in [0, 0.05) is 10.9 Å². The van der Waals surface area contributed by atoms with E-state index >= 15 is 0 Å². The van der Waals surface area contributed by atoms with Gasteiger partial charge in [0.25, 0.3) is 0 Å². The van der Waals surface area contributed by atoms with Gasteiger partial charge in [-0.25, -0.2) is 4.39 Å². The minimum Gasteiger partial charge on any atom is -0.368 e. The second kappa shape index (κ2) is 4.05. The molecule has 0 aliphatic carbocycles. The lowest BCUT2D eigenvalue weighted by Gasteiger charge is -2.40. The van der Waals surface area contributed by atoms with E-state index in [0.29, 0.717) is 0 Å². The van der Waals surface area contributed by atoms with Crippen molar-refractivity contribution in [3.63, 3.8) is 0 Å². The van der Waals surface area contributed by atoms with Gasteiger partial charge in [-0.3, -0.25) is 0 Å². The van der Waals surface area contributed by atoms with Crippen LogP contribution in [0, 0.1) is 5.82 Å². The Hall–Kier alpha value is -1.39. The molecule has 1 aromatic heterocycles. The van der Waals surface area contributed by atoms with Crippen molar-refractivity contribution in [1.29, 1.82) is 0 Å². The lowest BCUT2D eigenvalue weighted by Crippen LogP contribution is -2.44. The molecule has 0 saturated carbocycles. The van der Waals surface area contributed by atoms with Crippen molar-refractivity contribution in [2.24, 2.45) is 0 Å². The monoisotopic (exact) mass is 260 g/mol. The van der Waals surface area contributed by atoms with Gasteiger partial charge in [-0.2, -0.15) is 0 Å². The summed E-state index contributed by atoms with van der Waals surface area (Å²) in [4.78, 5) is 3.48. The molecule has 19 heavy (non-hydrogen) atoms. The molecule has 2 aromatic rings. The molecule has 2 aliphatic heterocycles. The average Bonchev–Trinajstić information content (AvgIpc) is 2.80. The Bertz CT molecular complexity index is 628. The van der Waals surface area contributed by atoms with Gasteiger partial charge < -0.3 is 15.0 Å². The molecule has 4 heteroatoms. The molecular weight excluding hydrogens is 243 g/mol. The molecular formula is C15H17FN2O. The van der Waals surface area contributed by atoms with Crippen molar-refractivity contribution in [2.45, 2.75) is 24.9 Å². The maximum atomic E-state index is 13.5. The first kappa shape index (κ1) is 11.4. The highest BCUT2D eigenvalue weighted by Gasteiger charge is 2.41. The summed E-state index contributed by atoms with van der Waals surface area (Å²) in [6.07, 6.45) is 2.83. The third kappa shape index (κ3) is 1.63. The van der Waals surface area contributed by atoms with Crippen LogP contribution in [0.5, 0.6) is 0 Å². The normalized spacial score (nSPS) is 21.7. The Balaban J connectivity index is 1.93. The number of piperidine rings is 1. The Kier molecular flexibility index (Phi) is 2.44. The third-order valence-corrected chi connectivity index (χ3v) is 4.47. The quantitative estimate of drug-likeness (QED) is 0.763. The number of hydrogen-bond donors (Lipinski definition) is 2. The van der Waals surface area contributed by atoms with Crippen LogP contribution in [0.3, 0.4) is 0 Å². The Morgan fingerprint density at radius 2 is 2.05 bits per heavy atom. The Labute approximate surface area is 111 Å². The molecule has 0 bridgehead atoms. The van der Waals surface area contributed by atoms with Crippen LogP contribution in [0.25, 0.3) is 10.9 Å². The van der Waals surface area contributed by atoms with Gasteiger partial charge in [-0.15, -0.1) is 0 Å². The molecule has 3 heterocycles. The topological polar surface area (TPSA) is 37.0 Å². The molecule has 4 rings (SSSR count). The number of nitrogens with one attached hydrogen (secondary N) is 2. The summed E-state index contributed by atoms with van der Waals surface area (Å²) in [5.41, 5.74) is 3.27. The highest BCUT2D eigenvalue weighted by molar-refractivity contribution is 5.85. The Morgan fingerprint density at radius 3 is 2.89 bits per heavy atom. The van der Waals surface area contributed by atoms with E-state index in [0.717, 1.165) is 49.9 Å². The van der Waals surface area contributed by atoms with E-state index in [9.17, 15) is 4.39 Å². The molecule has 2 N–H and O–H groups in total. The van der Waals surface area contributed by atoms with Crippen LogP contribution >= 0.6 is 0 Å². The summed E-state index contributed by atoms with van der Waals surface area (Å²) in [6, 6.07) is 4.99. The molecule has 2 aliphatic rings. The van der Waals surface area contributed by atoms with Gasteiger partial charge in [0.2, 0.25) is 0 Å². The first-order chi connectivity index (χ1) is 9.28. The molecule has 100 valence electrons. The summed E-state index contributed by atoms with van der Waals surface area (Å²) < 4.78 is 19.6. The van der Waals surface area contributed by atoms with E-state index in [1.807, 2.05) is 6.07 Å². The minimum absolute atomic E-state index is 0.167. The molecule has 1 spiro atoms. The number of ether oxygens (including phenoxy) is 1. The average molecular weight is 260 g/mol. The first-order valence-electron chi connectivity index (χ1n) is 6.94. The number of H-pyrrole nitrogens is 1. The van der Waals surface area contributed by atoms with Gasteiger partial charge in [-0.1, -0.05) is 0 Å². The van der Waals surface area contributed by atoms with Crippen molar-refractivity contribution >= 4 is 10.9 Å². The minimum atomic E-state index is -0.186. The number of benzene rings is 1. The van der Waals surface area contributed by atoms with E-state index in [-0.39, 0.29) is 11.4 Å². The summed E-state index contributed by atoms with van der Waals surface area (Å²) in [5.74, 6) is -0.167. The predicted molar refractivity (Wildman–Crippen MR) is 71.7 cm³/mol. The number of hydrogen-bond acceptors (Lipinski definition) is 2. The number of halogens is 1. The van der Waals surface area contributed by atoms with Crippen molar-refractivity contribution in [3.05, 3.63) is 35.3 Å². The van der Waals surface area contributed by atoms with Gasteiger partial charge in [-0.05, 0) is 56.1 Å². The molecule has 1 saturated heterocycles. The zero-order valence-corrected chi connectivity index (χ0v) is 10.8.